The van der Waals surface area contributed by atoms with Gasteiger partial charge in [-0.2, -0.15) is 0 Å². The molecule has 0 aliphatic carbocycles. The Bertz CT molecular complexity index is 972. The van der Waals surface area contributed by atoms with Gasteiger partial charge in [0.05, 0.1) is 17.7 Å². The van der Waals surface area contributed by atoms with E-state index in [4.69, 9.17) is 21.3 Å². The van der Waals surface area contributed by atoms with E-state index in [0.717, 1.165) is 32.7 Å². The normalized spacial score (nSPS) is 12.1. The Morgan fingerprint density at radius 1 is 1.19 bits per heavy atom. The highest BCUT2D eigenvalue weighted by Crippen LogP contribution is 2.24. The molecule has 0 spiro atoms. The van der Waals surface area contributed by atoms with Crippen molar-refractivity contribution < 1.29 is 14.8 Å². The summed E-state index contributed by atoms with van der Waals surface area (Å²) in [6.45, 7) is 6.76. The summed E-state index contributed by atoms with van der Waals surface area (Å²) in [5, 5.41) is 3.86. The van der Waals surface area contributed by atoms with E-state index < -0.39 is 0 Å². The molecule has 5 heteroatoms. The third kappa shape index (κ3) is 4.12. The van der Waals surface area contributed by atoms with Crippen LogP contribution in [0.25, 0.3) is 10.9 Å². The lowest BCUT2D eigenvalue weighted by molar-refractivity contribution is -0.708. The van der Waals surface area contributed by atoms with Crippen molar-refractivity contribution in [1.82, 2.24) is 4.98 Å². The molecule has 0 aliphatic rings. The molecule has 1 atom stereocenters. The summed E-state index contributed by atoms with van der Waals surface area (Å²) in [7, 11) is 0. The number of nitrogens with zero attached hydrogens (tertiary/aromatic N) is 1. The molecule has 2 aromatic carbocycles. The lowest BCUT2D eigenvalue weighted by Crippen LogP contribution is -2.83. The van der Waals surface area contributed by atoms with E-state index in [0.29, 0.717) is 18.7 Å². The van der Waals surface area contributed by atoms with E-state index in [2.05, 4.69) is 12.2 Å². The minimum atomic E-state index is -0.318. The molecule has 3 rings (SSSR count). The van der Waals surface area contributed by atoms with Gasteiger partial charge in [0.2, 0.25) is 0 Å². The highest BCUT2D eigenvalue weighted by molar-refractivity contribution is 6.31. The second-order valence-corrected chi connectivity index (χ2v) is 6.95. The van der Waals surface area contributed by atoms with Crippen LogP contribution < -0.4 is 5.32 Å². The Morgan fingerprint density at radius 2 is 1.89 bits per heavy atom. The number of ether oxygens (including phenoxy) is 1. The molecule has 0 bridgehead atoms. The minimum absolute atomic E-state index is 0.141. The fourth-order valence-corrected chi connectivity index (χ4v) is 3.63. The summed E-state index contributed by atoms with van der Waals surface area (Å²) in [5.74, 6) is -0.318. The number of aryl methyl sites for hydroxylation is 1. The predicted molar refractivity (Wildman–Crippen MR) is 108 cm³/mol. The fraction of sp³-hybridized carbons (Fsp3) is 0.273. The fourth-order valence-electron chi connectivity index (χ4n) is 3.32. The molecule has 2 N–H and O–H groups in total. The van der Waals surface area contributed by atoms with Crippen molar-refractivity contribution in [2.45, 2.75) is 33.4 Å². The summed E-state index contributed by atoms with van der Waals surface area (Å²) < 4.78 is 5.29. The van der Waals surface area contributed by atoms with Crippen molar-refractivity contribution in [1.29, 1.82) is 0 Å². The molecule has 0 saturated heterocycles. The molecule has 0 unspecified atom stereocenters. The molecule has 1 aromatic heterocycles. The summed E-state index contributed by atoms with van der Waals surface area (Å²) in [4.78, 5) is 17.4. The highest BCUT2D eigenvalue weighted by atomic mass is 35.5. The molecule has 4 nitrogen and oxygen atoms in total. The van der Waals surface area contributed by atoms with Crippen LogP contribution in [0.1, 0.15) is 47.1 Å². The Hall–Kier alpha value is -2.43. The molecule has 0 saturated carbocycles. The maximum Gasteiger partial charge on any atom is 0.340 e. The minimum Gasteiger partial charge on any atom is -0.462 e. The van der Waals surface area contributed by atoms with E-state index in [1.807, 2.05) is 62.4 Å². The quantitative estimate of drug-likeness (QED) is 0.649. The molecule has 140 valence electrons. The number of fused-ring (bicyclic) bond motifs is 1. The lowest BCUT2D eigenvalue weighted by Gasteiger charge is -2.16. The average Bonchev–Trinajstić information content (AvgIpc) is 2.66. The van der Waals surface area contributed by atoms with Crippen LogP contribution in [-0.4, -0.2) is 17.6 Å². The molecule has 0 aliphatic heterocycles. The molecule has 0 fully saturated rings. The number of halogens is 1. The van der Waals surface area contributed by atoms with E-state index in [-0.39, 0.29) is 12.0 Å². The van der Waals surface area contributed by atoms with Gasteiger partial charge in [0.15, 0.2) is 0 Å². The van der Waals surface area contributed by atoms with Crippen molar-refractivity contribution in [3.63, 3.8) is 0 Å². The zero-order valence-electron chi connectivity index (χ0n) is 15.8. The number of hydrogen-bond acceptors (Lipinski definition) is 3. The van der Waals surface area contributed by atoms with Crippen LogP contribution >= 0.6 is 11.6 Å². The molecular formula is C22H24ClN2O2+. The third-order valence-electron chi connectivity index (χ3n) is 4.77. The second-order valence-electron chi connectivity index (χ2n) is 6.55. The Balaban J connectivity index is 1.96. The van der Waals surface area contributed by atoms with Crippen LogP contribution in [0.5, 0.6) is 0 Å². The number of rotatable bonds is 6. The SMILES string of the molecule is CCOC(=O)c1c(C[NH2+][C@H](C)c2ccccc2Cl)nc2ccccc2c1C. The zero-order valence-corrected chi connectivity index (χ0v) is 16.6. The van der Waals surface area contributed by atoms with Gasteiger partial charge in [-0.3, -0.25) is 0 Å². The van der Waals surface area contributed by atoms with Gasteiger partial charge in [0, 0.05) is 16.0 Å². The maximum absolute atomic E-state index is 12.6. The summed E-state index contributed by atoms with van der Waals surface area (Å²) >= 11 is 6.32. The van der Waals surface area contributed by atoms with Gasteiger partial charge in [-0.05, 0) is 38.5 Å². The van der Waals surface area contributed by atoms with Crippen LogP contribution in [0, 0.1) is 6.92 Å². The first-order valence-electron chi connectivity index (χ1n) is 9.16. The first-order valence-corrected chi connectivity index (χ1v) is 9.53. The third-order valence-corrected chi connectivity index (χ3v) is 5.11. The molecule has 27 heavy (non-hydrogen) atoms. The summed E-state index contributed by atoms with van der Waals surface area (Å²) in [6, 6.07) is 15.8. The van der Waals surface area contributed by atoms with Gasteiger partial charge >= 0.3 is 5.97 Å². The molecule has 0 amide bonds. The zero-order chi connectivity index (χ0) is 19.4. The van der Waals surface area contributed by atoms with Crippen LogP contribution in [0.3, 0.4) is 0 Å². The Kier molecular flexibility index (Phi) is 6.09. The van der Waals surface area contributed by atoms with Gasteiger partial charge < -0.3 is 10.1 Å². The number of carbonyl (C=O) groups excluding carboxylic acids is 1. The largest absolute Gasteiger partial charge is 0.462 e. The number of benzene rings is 2. The Morgan fingerprint density at radius 3 is 2.63 bits per heavy atom. The number of para-hydroxylation sites is 1. The van der Waals surface area contributed by atoms with E-state index in [1.165, 1.54) is 0 Å². The summed E-state index contributed by atoms with van der Waals surface area (Å²) in [5.41, 5.74) is 4.17. The predicted octanol–water partition coefficient (Wildman–Crippen LogP) is 4.20. The number of quaternary nitrogens is 1. The first-order chi connectivity index (χ1) is 13.0. The smallest absolute Gasteiger partial charge is 0.340 e. The molecule has 3 aromatic rings. The van der Waals surface area contributed by atoms with Crippen LogP contribution in [0.4, 0.5) is 0 Å². The number of aromatic nitrogens is 1. The van der Waals surface area contributed by atoms with Crippen LogP contribution in [-0.2, 0) is 11.3 Å². The van der Waals surface area contributed by atoms with Crippen molar-refractivity contribution in [3.8, 4) is 0 Å². The number of esters is 1. The number of pyridine rings is 1. The lowest BCUT2D eigenvalue weighted by atomic mass is 10.0. The number of nitrogens with two attached hydrogens (primary N) is 1. The van der Waals surface area contributed by atoms with Crippen LogP contribution in [0.2, 0.25) is 5.02 Å². The maximum atomic E-state index is 12.6. The molecule has 1 heterocycles. The number of carbonyl (C=O) groups is 1. The number of hydrogen-bond donors (Lipinski definition) is 1. The van der Waals surface area contributed by atoms with E-state index in [9.17, 15) is 4.79 Å². The van der Waals surface area contributed by atoms with Crippen molar-refractivity contribution in [2.24, 2.45) is 0 Å². The highest BCUT2D eigenvalue weighted by Gasteiger charge is 2.22. The van der Waals surface area contributed by atoms with Gasteiger partial charge in [-0.25, -0.2) is 9.78 Å². The molecule has 0 radical (unpaired) electrons. The van der Waals surface area contributed by atoms with Crippen molar-refractivity contribution >= 4 is 28.5 Å². The Labute approximate surface area is 164 Å². The second kappa shape index (κ2) is 8.51. The topological polar surface area (TPSA) is 55.8 Å². The summed E-state index contributed by atoms with van der Waals surface area (Å²) in [6.07, 6.45) is 0. The first kappa shape index (κ1) is 19.3. The average molecular weight is 384 g/mol. The van der Waals surface area contributed by atoms with Crippen molar-refractivity contribution in [3.05, 3.63) is 75.9 Å². The molecular weight excluding hydrogens is 360 g/mol. The van der Waals surface area contributed by atoms with Gasteiger partial charge in [0.25, 0.3) is 0 Å². The van der Waals surface area contributed by atoms with Gasteiger partial charge in [-0.1, -0.05) is 48.0 Å². The standard InChI is InChI=1S/C22H23ClN2O2/c1-4-27-22(26)21-14(2)16-9-6-8-12-19(16)25-20(21)13-24-15(3)17-10-5-7-11-18(17)23/h5-12,15,24H,4,13H2,1-3H3/p+1/t15-/m1/s1. The monoisotopic (exact) mass is 383 g/mol. The van der Waals surface area contributed by atoms with Crippen molar-refractivity contribution in [2.75, 3.05) is 6.61 Å². The van der Waals surface area contributed by atoms with Gasteiger partial charge in [0.1, 0.15) is 18.3 Å². The van der Waals surface area contributed by atoms with Crippen LogP contribution in [0.15, 0.2) is 48.5 Å². The van der Waals surface area contributed by atoms with Gasteiger partial charge in [-0.15, -0.1) is 0 Å². The van der Waals surface area contributed by atoms with E-state index >= 15 is 0 Å². The van der Waals surface area contributed by atoms with E-state index in [1.54, 1.807) is 0 Å².